The predicted molar refractivity (Wildman–Crippen MR) is 65.1 cm³/mol. The van der Waals surface area contributed by atoms with Gasteiger partial charge in [0.1, 0.15) is 11.9 Å². The molecule has 0 saturated heterocycles. The van der Waals surface area contributed by atoms with Gasteiger partial charge in [0.05, 0.1) is 19.1 Å². The molecule has 2 atom stereocenters. The summed E-state index contributed by atoms with van der Waals surface area (Å²) in [7, 11) is 0. The number of aliphatic hydroxyl groups is 2. The molecule has 0 aromatic heterocycles. The van der Waals surface area contributed by atoms with E-state index in [4.69, 9.17) is 0 Å². The first-order valence-electron chi connectivity index (χ1n) is 5.77. The molecular weight excluding hydrogens is 236 g/mol. The Hall–Kier alpha value is -1.59. The minimum absolute atomic E-state index is 0.0369. The van der Waals surface area contributed by atoms with Gasteiger partial charge >= 0.3 is 5.97 Å². The maximum absolute atomic E-state index is 11.2. The van der Waals surface area contributed by atoms with E-state index < -0.39 is 18.2 Å². The van der Waals surface area contributed by atoms with E-state index in [1.54, 1.807) is 26.0 Å². The quantitative estimate of drug-likeness (QED) is 0.684. The first-order chi connectivity index (χ1) is 8.45. The Kier molecular flexibility index (Phi) is 5.12. The largest absolute Gasteiger partial charge is 0.508 e. The number of ether oxygens (including phenoxy) is 1. The van der Waals surface area contributed by atoms with Gasteiger partial charge in [-0.3, -0.25) is 4.79 Å². The lowest BCUT2D eigenvalue weighted by Crippen LogP contribution is -2.23. The van der Waals surface area contributed by atoms with Crippen molar-refractivity contribution in [2.75, 3.05) is 6.61 Å². The summed E-state index contributed by atoms with van der Waals surface area (Å²) in [5.41, 5.74) is 1.03. The van der Waals surface area contributed by atoms with Crippen LogP contribution in [0.2, 0.25) is 0 Å². The van der Waals surface area contributed by atoms with Gasteiger partial charge < -0.3 is 20.1 Å². The number of aliphatic hydroxyl groups excluding tert-OH is 2. The van der Waals surface area contributed by atoms with E-state index >= 15 is 0 Å². The number of phenolic OH excluding ortho intramolecular Hbond substituents is 1. The number of carbonyl (C=O) groups excluding carboxylic acids is 1. The molecule has 0 radical (unpaired) electrons. The maximum Gasteiger partial charge on any atom is 0.308 e. The second kappa shape index (κ2) is 6.37. The molecule has 18 heavy (non-hydrogen) atoms. The van der Waals surface area contributed by atoms with Crippen molar-refractivity contribution in [1.82, 2.24) is 0 Å². The number of phenols is 1. The number of aromatic hydroxyl groups is 1. The fraction of sp³-hybridized carbons (Fsp3) is 0.462. The topological polar surface area (TPSA) is 87.0 Å². The Bertz CT molecular complexity index is 416. The van der Waals surface area contributed by atoms with Crippen molar-refractivity contribution in [2.24, 2.45) is 0 Å². The molecule has 0 heterocycles. The van der Waals surface area contributed by atoms with E-state index in [0.29, 0.717) is 11.1 Å². The normalized spacial score (nSPS) is 14.0. The minimum atomic E-state index is -1.26. The monoisotopic (exact) mass is 254 g/mol. The summed E-state index contributed by atoms with van der Waals surface area (Å²) in [6, 6.07) is 4.59. The molecule has 0 spiro atoms. The standard InChI is InChI=1S/C13H18O5/c1-3-18-12(16)7-11(15)13(17)9-5-4-8(2)10(14)6-9/h4-6,11,13-15,17H,3,7H2,1-2H3. The molecule has 2 unspecified atom stereocenters. The summed E-state index contributed by atoms with van der Waals surface area (Å²) < 4.78 is 4.68. The van der Waals surface area contributed by atoms with Crippen LogP contribution >= 0.6 is 0 Å². The lowest BCUT2D eigenvalue weighted by atomic mass is 10.0. The SMILES string of the molecule is CCOC(=O)CC(O)C(O)c1ccc(C)c(O)c1. The molecule has 0 amide bonds. The number of hydrogen-bond acceptors (Lipinski definition) is 5. The molecule has 5 nitrogen and oxygen atoms in total. The molecule has 0 saturated carbocycles. The molecule has 0 aliphatic carbocycles. The van der Waals surface area contributed by atoms with Crippen LogP contribution in [0.15, 0.2) is 18.2 Å². The van der Waals surface area contributed by atoms with Crippen molar-refractivity contribution in [3.05, 3.63) is 29.3 Å². The van der Waals surface area contributed by atoms with Gasteiger partial charge in [-0.2, -0.15) is 0 Å². The number of rotatable bonds is 5. The van der Waals surface area contributed by atoms with Gasteiger partial charge in [-0.05, 0) is 31.0 Å². The van der Waals surface area contributed by atoms with Crippen LogP contribution in [-0.2, 0) is 9.53 Å². The highest BCUT2D eigenvalue weighted by Crippen LogP contribution is 2.25. The first kappa shape index (κ1) is 14.5. The van der Waals surface area contributed by atoms with Crippen molar-refractivity contribution >= 4 is 5.97 Å². The molecule has 0 fully saturated rings. The van der Waals surface area contributed by atoms with Gasteiger partial charge in [0.15, 0.2) is 0 Å². The molecule has 3 N–H and O–H groups in total. The molecular formula is C13H18O5. The highest BCUT2D eigenvalue weighted by Gasteiger charge is 2.22. The van der Waals surface area contributed by atoms with Gasteiger partial charge in [0.25, 0.3) is 0 Å². The average Bonchev–Trinajstić information content (AvgIpc) is 2.32. The third kappa shape index (κ3) is 3.72. The van der Waals surface area contributed by atoms with Crippen molar-refractivity contribution < 1.29 is 24.9 Å². The summed E-state index contributed by atoms with van der Waals surface area (Å²) in [5.74, 6) is -0.532. The molecule has 0 aliphatic heterocycles. The van der Waals surface area contributed by atoms with Crippen LogP contribution in [0.25, 0.3) is 0 Å². The zero-order valence-electron chi connectivity index (χ0n) is 10.5. The first-order valence-corrected chi connectivity index (χ1v) is 5.77. The molecule has 1 rings (SSSR count). The average molecular weight is 254 g/mol. The Balaban J connectivity index is 2.70. The van der Waals surface area contributed by atoms with E-state index in [-0.39, 0.29) is 18.8 Å². The van der Waals surface area contributed by atoms with E-state index in [1.165, 1.54) is 6.07 Å². The number of esters is 1. The zero-order valence-corrected chi connectivity index (χ0v) is 10.5. The van der Waals surface area contributed by atoms with Crippen molar-refractivity contribution in [3.8, 4) is 5.75 Å². The van der Waals surface area contributed by atoms with E-state index in [2.05, 4.69) is 4.74 Å². The number of aryl methyl sites for hydroxylation is 1. The Labute approximate surface area is 106 Å². The second-order valence-corrected chi connectivity index (χ2v) is 4.07. The fourth-order valence-corrected chi connectivity index (χ4v) is 1.53. The van der Waals surface area contributed by atoms with Crippen LogP contribution in [0.3, 0.4) is 0 Å². The number of hydrogen-bond donors (Lipinski definition) is 3. The van der Waals surface area contributed by atoms with Gasteiger partial charge in [0.2, 0.25) is 0 Å². The lowest BCUT2D eigenvalue weighted by molar-refractivity contribution is -0.147. The van der Waals surface area contributed by atoms with Gasteiger partial charge in [-0.1, -0.05) is 12.1 Å². The Morgan fingerprint density at radius 2 is 2.06 bits per heavy atom. The third-order valence-corrected chi connectivity index (χ3v) is 2.62. The molecule has 0 bridgehead atoms. The molecule has 0 aliphatic rings. The van der Waals surface area contributed by atoms with Crippen LogP contribution in [0.4, 0.5) is 0 Å². The van der Waals surface area contributed by atoms with Crippen LogP contribution < -0.4 is 0 Å². The van der Waals surface area contributed by atoms with Gasteiger partial charge in [0, 0.05) is 0 Å². The van der Waals surface area contributed by atoms with Crippen LogP contribution in [-0.4, -0.2) is 34.0 Å². The Morgan fingerprint density at radius 1 is 1.39 bits per heavy atom. The fourth-order valence-electron chi connectivity index (χ4n) is 1.53. The number of benzene rings is 1. The molecule has 1 aromatic carbocycles. The van der Waals surface area contributed by atoms with Crippen molar-refractivity contribution in [3.63, 3.8) is 0 Å². The van der Waals surface area contributed by atoms with Crippen LogP contribution in [0.5, 0.6) is 5.75 Å². The smallest absolute Gasteiger partial charge is 0.308 e. The van der Waals surface area contributed by atoms with Gasteiger partial charge in [-0.15, -0.1) is 0 Å². The van der Waals surface area contributed by atoms with E-state index in [0.717, 1.165) is 0 Å². The summed E-state index contributed by atoms with van der Waals surface area (Å²) in [4.78, 5) is 11.2. The summed E-state index contributed by atoms with van der Waals surface area (Å²) in [6.45, 7) is 3.62. The third-order valence-electron chi connectivity index (χ3n) is 2.62. The molecule has 5 heteroatoms. The molecule has 100 valence electrons. The summed E-state index contributed by atoms with van der Waals surface area (Å²) in [5, 5.41) is 29.1. The van der Waals surface area contributed by atoms with Gasteiger partial charge in [-0.25, -0.2) is 0 Å². The van der Waals surface area contributed by atoms with E-state index in [9.17, 15) is 20.1 Å². The Morgan fingerprint density at radius 3 is 2.61 bits per heavy atom. The highest BCUT2D eigenvalue weighted by atomic mass is 16.5. The predicted octanol–water partition coefficient (Wildman–Crippen LogP) is 1.05. The highest BCUT2D eigenvalue weighted by molar-refractivity contribution is 5.70. The second-order valence-electron chi connectivity index (χ2n) is 4.07. The van der Waals surface area contributed by atoms with Crippen molar-refractivity contribution in [2.45, 2.75) is 32.5 Å². The maximum atomic E-state index is 11.2. The summed E-state index contributed by atoms with van der Waals surface area (Å²) >= 11 is 0. The lowest BCUT2D eigenvalue weighted by Gasteiger charge is -2.18. The minimum Gasteiger partial charge on any atom is -0.508 e. The molecule has 1 aromatic rings. The zero-order chi connectivity index (χ0) is 13.7. The van der Waals surface area contributed by atoms with E-state index in [1.807, 2.05) is 0 Å². The van der Waals surface area contributed by atoms with Crippen LogP contribution in [0.1, 0.15) is 30.6 Å². The van der Waals surface area contributed by atoms with Crippen molar-refractivity contribution in [1.29, 1.82) is 0 Å². The number of carbonyl (C=O) groups is 1. The van der Waals surface area contributed by atoms with Crippen LogP contribution in [0, 0.1) is 6.92 Å². The summed E-state index contributed by atoms with van der Waals surface area (Å²) in [6.07, 6.45) is -2.78.